The average Bonchev–Trinajstić information content (AvgIpc) is 3.00. The number of aromatic nitrogens is 1. The number of para-hydroxylation sites is 1. The Labute approximate surface area is 154 Å². The molecule has 7 heteroatoms. The first-order valence-corrected chi connectivity index (χ1v) is 8.93. The molecule has 0 spiro atoms. The maximum absolute atomic E-state index is 14.0. The van der Waals surface area contributed by atoms with Crippen molar-refractivity contribution in [1.82, 2.24) is 9.88 Å². The largest absolute Gasteiger partial charge is 0.308 e. The third kappa shape index (κ3) is 3.81. The first-order chi connectivity index (χ1) is 12.0. The predicted molar refractivity (Wildman–Crippen MR) is 101 cm³/mol. The van der Waals surface area contributed by atoms with E-state index in [2.05, 4.69) is 4.98 Å². The zero-order chi connectivity index (χ0) is 18.0. The molecule has 0 aliphatic heterocycles. The molecule has 1 heterocycles. The number of hydrogen-bond acceptors (Lipinski definition) is 4. The molecular weight excluding hydrogens is 361 g/mol. The molecule has 0 unspecified atom stereocenters. The lowest BCUT2D eigenvalue weighted by Crippen LogP contribution is -2.36. The SMILES string of the molecule is CN(C)CCN(C(=O)c1ccccc1Cl)c1nc2c(F)cccc2s1. The molecule has 4 nitrogen and oxygen atoms in total. The van der Waals surface area contributed by atoms with Crippen LogP contribution in [0.1, 0.15) is 10.4 Å². The Hall–Kier alpha value is -2.02. The highest BCUT2D eigenvalue weighted by atomic mass is 35.5. The fourth-order valence-corrected chi connectivity index (χ4v) is 3.60. The summed E-state index contributed by atoms with van der Waals surface area (Å²) in [4.78, 5) is 20.9. The number of hydrogen-bond donors (Lipinski definition) is 0. The van der Waals surface area contributed by atoms with Crippen molar-refractivity contribution in [3.63, 3.8) is 0 Å². The van der Waals surface area contributed by atoms with Gasteiger partial charge in [-0.1, -0.05) is 41.1 Å². The number of anilines is 1. The summed E-state index contributed by atoms with van der Waals surface area (Å²) >= 11 is 7.47. The summed E-state index contributed by atoms with van der Waals surface area (Å²) in [6.07, 6.45) is 0. The van der Waals surface area contributed by atoms with E-state index in [-0.39, 0.29) is 11.4 Å². The van der Waals surface area contributed by atoms with Crippen LogP contribution in [0.3, 0.4) is 0 Å². The smallest absolute Gasteiger partial charge is 0.261 e. The molecule has 1 aromatic heterocycles. The van der Waals surface area contributed by atoms with E-state index in [0.717, 1.165) is 0 Å². The van der Waals surface area contributed by atoms with Crippen molar-refractivity contribution >= 4 is 44.2 Å². The molecule has 1 amide bonds. The molecule has 0 fully saturated rings. The fourth-order valence-electron chi connectivity index (χ4n) is 2.38. The van der Waals surface area contributed by atoms with Crippen LogP contribution in [-0.2, 0) is 0 Å². The van der Waals surface area contributed by atoms with Crippen LogP contribution in [0.2, 0.25) is 5.02 Å². The summed E-state index contributed by atoms with van der Waals surface area (Å²) in [7, 11) is 3.85. The van der Waals surface area contributed by atoms with Gasteiger partial charge in [0.15, 0.2) is 5.13 Å². The molecule has 25 heavy (non-hydrogen) atoms. The van der Waals surface area contributed by atoms with Gasteiger partial charge in [0, 0.05) is 13.1 Å². The highest BCUT2D eigenvalue weighted by Crippen LogP contribution is 2.31. The zero-order valence-electron chi connectivity index (χ0n) is 13.9. The third-order valence-electron chi connectivity index (χ3n) is 3.71. The van der Waals surface area contributed by atoms with Crippen molar-refractivity contribution in [2.45, 2.75) is 0 Å². The molecule has 0 saturated carbocycles. The molecule has 3 aromatic rings. The minimum Gasteiger partial charge on any atom is -0.308 e. The van der Waals surface area contributed by atoms with Gasteiger partial charge in [0.1, 0.15) is 11.3 Å². The zero-order valence-corrected chi connectivity index (χ0v) is 15.4. The molecule has 130 valence electrons. The lowest BCUT2D eigenvalue weighted by molar-refractivity contribution is 0.0985. The number of halogens is 2. The number of thiazole rings is 1. The lowest BCUT2D eigenvalue weighted by atomic mass is 10.2. The molecule has 0 saturated heterocycles. The van der Waals surface area contributed by atoms with Crippen molar-refractivity contribution in [1.29, 1.82) is 0 Å². The van der Waals surface area contributed by atoms with E-state index in [1.54, 1.807) is 41.3 Å². The topological polar surface area (TPSA) is 36.4 Å². The van der Waals surface area contributed by atoms with E-state index in [1.165, 1.54) is 17.4 Å². The van der Waals surface area contributed by atoms with E-state index >= 15 is 0 Å². The van der Waals surface area contributed by atoms with Gasteiger partial charge in [-0.2, -0.15) is 0 Å². The number of carbonyl (C=O) groups is 1. The van der Waals surface area contributed by atoms with Crippen LogP contribution in [0.25, 0.3) is 10.2 Å². The molecule has 0 radical (unpaired) electrons. The Kier molecular flexibility index (Phi) is 5.32. The average molecular weight is 378 g/mol. The van der Waals surface area contributed by atoms with Gasteiger partial charge in [0.05, 0.1) is 15.3 Å². The number of nitrogens with zero attached hydrogens (tertiary/aromatic N) is 3. The van der Waals surface area contributed by atoms with Crippen LogP contribution in [-0.4, -0.2) is 43.0 Å². The maximum atomic E-state index is 14.0. The van der Waals surface area contributed by atoms with E-state index in [4.69, 9.17) is 11.6 Å². The molecule has 0 atom stereocenters. The first-order valence-electron chi connectivity index (χ1n) is 7.73. The third-order valence-corrected chi connectivity index (χ3v) is 5.08. The lowest BCUT2D eigenvalue weighted by Gasteiger charge is -2.22. The summed E-state index contributed by atoms with van der Waals surface area (Å²) in [5.41, 5.74) is 0.687. The highest BCUT2D eigenvalue weighted by Gasteiger charge is 2.23. The Morgan fingerprint density at radius 2 is 1.92 bits per heavy atom. The number of rotatable bonds is 5. The maximum Gasteiger partial charge on any atom is 0.261 e. The van der Waals surface area contributed by atoms with Crippen LogP contribution >= 0.6 is 22.9 Å². The number of carbonyl (C=O) groups excluding carboxylic acids is 1. The molecule has 0 aliphatic carbocycles. The standard InChI is InChI=1S/C18H17ClFN3OS/c1-22(2)10-11-23(17(24)12-6-3-4-7-13(12)19)18-21-16-14(20)8-5-9-15(16)25-18/h3-9H,10-11H2,1-2H3. The van der Waals surface area contributed by atoms with Crippen molar-refractivity contribution in [2.75, 3.05) is 32.1 Å². The van der Waals surface area contributed by atoms with Crippen LogP contribution in [0.15, 0.2) is 42.5 Å². The van der Waals surface area contributed by atoms with E-state index < -0.39 is 5.82 Å². The van der Waals surface area contributed by atoms with Crippen LogP contribution < -0.4 is 4.90 Å². The van der Waals surface area contributed by atoms with Crippen molar-refractivity contribution in [2.24, 2.45) is 0 Å². The minimum atomic E-state index is -0.391. The van der Waals surface area contributed by atoms with Gasteiger partial charge in [-0.15, -0.1) is 0 Å². The van der Waals surface area contributed by atoms with Gasteiger partial charge in [-0.3, -0.25) is 9.69 Å². The van der Waals surface area contributed by atoms with Gasteiger partial charge in [-0.25, -0.2) is 9.37 Å². The van der Waals surface area contributed by atoms with Crippen molar-refractivity contribution in [3.05, 3.63) is 58.9 Å². The molecule has 3 rings (SSSR count). The molecule has 0 aliphatic rings. The Morgan fingerprint density at radius 3 is 2.60 bits per heavy atom. The number of likely N-dealkylation sites (N-methyl/N-ethyl adjacent to an activating group) is 1. The van der Waals surface area contributed by atoms with Gasteiger partial charge in [0.25, 0.3) is 5.91 Å². The van der Waals surface area contributed by atoms with E-state index in [0.29, 0.717) is 33.5 Å². The Balaban J connectivity index is 2.03. The molecular formula is C18H17ClFN3OS. The normalized spacial score (nSPS) is 11.2. The highest BCUT2D eigenvalue weighted by molar-refractivity contribution is 7.22. The van der Waals surface area contributed by atoms with Crippen LogP contribution in [0.4, 0.5) is 9.52 Å². The molecule has 2 aromatic carbocycles. The summed E-state index contributed by atoms with van der Waals surface area (Å²) in [5, 5.41) is 0.849. The molecule has 0 N–H and O–H groups in total. The Bertz CT molecular complexity index is 912. The molecule has 0 bridgehead atoms. The second-order valence-electron chi connectivity index (χ2n) is 5.82. The predicted octanol–water partition coefficient (Wildman–Crippen LogP) is 4.30. The fraction of sp³-hybridized carbons (Fsp3) is 0.222. The van der Waals surface area contributed by atoms with Gasteiger partial charge in [-0.05, 0) is 38.4 Å². The van der Waals surface area contributed by atoms with Crippen molar-refractivity contribution in [3.8, 4) is 0 Å². The Morgan fingerprint density at radius 1 is 1.16 bits per heavy atom. The number of benzene rings is 2. The van der Waals surface area contributed by atoms with E-state index in [1.807, 2.05) is 19.0 Å². The number of fused-ring (bicyclic) bond motifs is 1. The van der Waals surface area contributed by atoms with Gasteiger partial charge < -0.3 is 4.90 Å². The van der Waals surface area contributed by atoms with Crippen LogP contribution in [0, 0.1) is 5.82 Å². The number of amides is 1. The summed E-state index contributed by atoms with van der Waals surface area (Å²) in [6, 6.07) is 11.7. The van der Waals surface area contributed by atoms with Crippen LogP contribution in [0.5, 0.6) is 0 Å². The first kappa shape index (κ1) is 17.8. The summed E-state index contributed by atoms with van der Waals surface area (Å²) < 4.78 is 14.7. The minimum absolute atomic E-state index is 0.244. The monoisotopic (exact) mass is 377 g/mol. The summed E-state index contributed by atoms with van der Waals surface area (Å²) in [6.45, 7) is 1.08. The van der Waals surface area contributed by atoms with Gasteiger partial charge in [0.2, 0.25) is 0 Å². The second kappa shape index (κ2) is 7.47. The quantitative estimate of drug-likeness (QED) is 0.665. The van der Waals surface area contributed by atoms with Crippen molar-refractivity contribution < 1.29 is 9.18 Å². The second-order valence-corrected chi connectivity index (χ2v) is 7.24. The van der Waals surface area contributed by atoms with Gasteiger partial charge >= 0.3 is 0 Å². The van der Waals surface area contributed by atoms with E-state index in [9.17, 15) is 9.18 Å². The summed E-state index contributed by atoms with van der Waals surface area (Å²) in [5.74, 6) is -0.635.